The Hall–Kier alpha value is -2.64. The number of aromatic nitrogens is 2. The number of rotatable bonds is 6. The van der Waals surface area contributed by atoms with E-state index in [2.05, 4.69) is 29.8 Å². The molecule has 3 aromatic heterocycles. The maximum Gasteiger partial charge on any atom is 0.329 e. The third kappa shape index (κ3) is 3.55. The zero-order valence-corrected chi connectivity index (χ0v) is 19.1. The molecule has 31 heavy (non-hydrogen) atoms. The van der Waals surface area contributed by atoms with Gasteiger partial charge in [-0.3, -0.25) is 13.9 Å². The fraction of sp³-hybridized carbons (Fsp3) is 0.333. The van der Waals surface area contributed by atoms with Crippen molar-refractivity contribution in [3.05, 3.63) is 79.0 Å². The minimum absolute atomic E-state index is 0.0133. The molecule has 0 N–H and O–H groups in total. The molecule has 0 radical (unpaired) electrons. The summed E-state index contributed by atoms with van der Waals surface area (Å²) in [4.78, 5) is 31.0. The highest BCUT2D eigenvalue weighted by atomic mass is 32.1. The normalized spacial score (nSPS) is 16.0. The van der Waals surface area contributed by atoms with Crippen molar-refractivity contribution in [1.29, 1.82) is 0 Å². The van der Waals surface area contributed by atoms with E-state index in [4.69, 9.17) is 0 Å². The standard InChI is InChI=1S/C24H25N3O2S2/c1-2-12-25-18-6-3-4-7-19(18)26(24(25)29)14-10-22(28)27-13-9-20-17(11-16-31-20)23(27)21-8-5-15-30-21/h3-8,11,15-16,23H,2,9-10,12-14H2,1H3. The van der Waals surface area contributed by atoms with Crippen LogP contribution in [0.3, 0.4) is 0 Å². The molecule has 5 nitrogen and oxygen atoms in total. The zero-order chi connectivity index (χ0) is 21.4. The number of para-hydroxylation sites is 2. The van der Waals surface area contributed by atoms with Gasteiger partial charge in [0.2, 0.25) is 5.91 Å². The van der Waals surface area contributed by atoms with Crippen LogP contribution in [0.15, 0.2) is 58.0 Å². The average molecular weight is 452 g/mol. The molecule has 1 aliphatic rings. The Bertz CT molecular complexity index is 1270. The number of benzene rings is 1. The summed E-state index contributed by atoms with van der Waals surface area (Å²) in [6.07, 6.45) is 2.11. The van der Waals surface area contributed by atoms with Crippen molar-refractivity contribution >= 4 is 39.6 Å². The number of imidazole rings is 1. The Morgan fingerprint density at radius 1 is 1.00 bits per heavy atom. The molecule has 0 saturated carbocycles. The lowest BCUT2D eigenvalue weighted by atomic mass is 9.98. The van der Waals surface area contributed by atoms with Gasteiger partial charge < -0.3 is 4.90 Å². The van der Waals surface area contributed by atoms with Crippen LogP contribution >= 0.6 is 22.7 Å². The van der Waals surface area contributed by atoms with Gasteiger partial charge in [-0.25, -0.2) is 4.79 Å². The highest BCUT2D eigenvalue weighted by molar-refractivity contribution is 7.10. The number of carbonyl (C=O) groups excluding carboxylic acids is 1. The summed E-state index contributed by atoms with van der Waals surface area (Å²) in [5.41, 5.74) is 3.08. The lowest BCUT2D eigenvalue weighted by Crippen LogP contribution is -2.40. The van der Waals surface area contributed by atoms with Crippen LogP contribution < -0.4 is 5.69 Å². The molecule has 4 aromatic rings. The molecule has 5 rings (SSSR count). The van der Waals surface area contributed by atoms with Gasteiger partial charge in [0.25, 0.3) is 0 Å². The first-order chi connectivity index (χ1) is 15.2. The van der Waals surface area contributed by atoms with E-state index in [-0.39, 0.29) is 17.6 Å². The molecule has 0 fully saturated rings. The van der Waals surface area contributed by atoms with E-state index >= 15 is 0 Å². The second kappa shape index (κ2) is 8.48. The number of carbonyl (C=O) groups is 1. The molecule has 1 atom stereocenters. The van der Waals surface area contributed by atoms with E-state index in [1.807, 2.05) is 39.8 Å². The van der Waals surface area contributed by atoms with E-state index < -0.39 is 0 Å². The van der Waals surface area contributed by atoms with E-state index in [1.165, 1.54) is 15.3 Å². The molecular formula is C24H25N3O2S2. The van der Waals surface area contributed by atoms with Gasteiger partial charge in [-0.2, -0.15) is 0 Å². The van der Waals surface area contributed by atoms with Crippen LogP contribution in [-0.2, 0) is 24.3 Å². The molecule has 0 saturated heterocycles. The van der Waals surface area contributed by atoms with Gasteiger partial charge in [-0.05, 0) is 53.4 Å². The lowest BCUT2D eigenvalue weighted by molar-refractivity contribution is -0.133. The van der Waals surface area contributed by atoms with Crippen molar-refractivity contribution in [1.82, 2.24) is 14.0 Å². The van der Waals surface area contributed by atoms with Crippen molar-refractivity contribution in [2.75, 3.05) is 6.54 Å². The first-order valence-electron chi connectivity index (χ1n) is 10.8. The first-order valence-corrected chi connectivity index (χ1v) is 12.5. The predicted molar refractivity (Wildman–Crippen MR) is 127 cm³/mol. The van der Waals surface area contributed by atoms with Gasteiger partial charge in [0, 0.05) is 35.8 Å². The predicted octanol–water partition coefficient (Wildman–Crippen LogP) is 4.90. The van der Waals surface area contributed by atoms with Crippen molar-refractivity contribution in [2.45, 2.75) is 45.3 Å². The largest absolute Gasteiger partial charge is 0.330 e. The van der Waals surface area contributed by atoms with Crippen LogP contribution in [-0.4, -0.2) is 26.5 Å². The molecule has 0 spiro atoms. The first kappa shape index (κ1) is 20.3. The molecule has 1 aromatic carbocycles. The molecule has 4 heterocycles. The molecule has 1 aliphatic heterocycles. The highest BCUT2D eigenvalue weighted by Gasteiger charge is 2.33. The summed E-state index contributed by atoms with van der Waals surface area (Å²) < 4.78 is 3.59. The van der Waals surface area contributed by atoms with E-state index in [9.17, 15) is 9.59 Å². The Kier molecular flexibility index (Phi) is 5.54. The van der Waals surface area contributed by atoms with Gasteiger partial charge in [0.15, 0.2) is 0 Å². The van der Waals surface area contributed by atoms with Gasteiger partial charge in [0.05, 0.1) is 17.1 Å². The topological polar surface area (TPSA) is 47.2 Å². The van der Waals surface area contributed by atoms with Gasteiger partial charge in [0.1, 0.15) is 0 Å². The maximum absolute atomic E-state index is 13.4. The molecule has 1 unspecified atom stereocenters. The third-order valence-electron chi connectivity index (χ3n) is 6.02. The molecule has 7 heteroatoms. The second-order valence-electron chi connectivity index (χ2n) is 7.88. The number of amides is 1. The van der Waals surface area contributed by atoms with Crippen LogP contribution in [0.5, 0.6) is 0 Å². The Labute approximate surface area is 189 Å². The SMILES string of the molecule is CCCn1c(=O)n(CCC(=O)N2CCc3sccc3C2c2cccs2)c2ccccc21. The number of thiophene rings is 2. The van der Waals surface area contributed by atoms with Crippen LogP contribution in [0.1, 0.15) is 41.1 Å². The number of hydrogen-bond donors (Lipinski definition) is 0. The molecule has 160 valence electrons. The molecule has 1 amide bonds. The van der Waals surface area contributed by atoms with Crippen LogP contribution in [0.2, 0.25) is 0 Å². The second-order valence-corrected chi connectivity index (χ2v) is 9.86. The third-order valence-corrected chi connectivity index (χ3v) is 7.94. The smallest absolute Gasteiger partial charge is 0.329 e. The molecule has 0 bridgehead atoms. The summed E-state index contributed by atoms with van der Waals surface area (Å²) >= 11 is 3.48. The summed E-state index contributed by atoms with van der Waals surface area (Å²) in [7, 11) is 0. The van der Waals surface area contributed by atoms with Crippen molar-refractivity contribution in [3.63, 3.8) is 0 Å². The summed E-state index contributed by atoms with van der Waals surface area (Å²) in [6, 6.07) is 14.2. The molecular weight excluding hydrogens is 426 g/mol. The number of hydrogen-bond acceptors (Lipinski definition) is 4. The Morgan fingerprint density at radius 2 is 1.77 bits per heavy atom. The monoisotopic (exact) mass is 451 g/mol. The van der Waals surface area contributed by atoms with Crippen LogP contribution in [0, 0.1) is 0 Å². The summed E-state index contributed by atoms with van der Waals surface area (Å²) in [5.74, 6) is 0.106. The van der Waals surface area contributed by atoms with E-state index in [1.54, 1.807) is 27.2 Å². The zero-order valence-electron chi connectivity index (χ0n) is 17.5. The number of aryl methyl sites for hydroxylation is 2. The number of nitrogens with zero attached hydrogens (tertiary/aromatic N) is 3. The van der Waals surface area contributed by atoms with Crippen molar-refractivity contribution in [2.24, 2.45) is 0 Å². The Morgan fingerprint density at radius 3 is 2.48 bits per heavy atom. The summed E-state index contributed by atoms with van der Waals surface area (Å²) in [5, 5.41) is 4.20. The average Bonchev–Trinajstić information content (AvgIpc) is 3.53. The fourth-order valence-corrected chi connectivity index (χ4v) is 6.38. The Balaban J connectivity index is 1.42. The lowest BCUT2D eigenvalue weighted by Gasteiger charge is -2.35. The molecule has 0 aliphatic carbocycles. The highest BCUT2D eigenvalue weighted by Crippen LogP contribution is 2.39. The van der Waals surface area contributed by atoms with Crippen molar-refractivity contribution < 1.29 is 4.79 Å². The van der Waals surface area contributed by atoms with Gasteiger partial charge >= 0.3 is 5.69 Å². The van der Waals surface area contributed by atoms with Gasteiger partial charge in [-0.1, -0.05) is 25.1 Å². The minimum Gasteiger partial charge on any atom is -0.330 e. The van der Waals surface area contributed by atoms with E-state index in [0.29, 0.717) is 19.5 Å². The van der Waals surface area contributed by atoms with Gasteiger partial charge in [-0.15, -0.1) is 22.7 Å². The maximum atomic E-state index is 13.4. The number of fused-ring (bicyclic) bond motifs is 2. The minimum atomic E-state index is -0.0237. The quantitative estimate of drug-likeness (QED) is 0.419. The van der Waals surface area contributed by atoms with Crippen LogP contribution in [0.4, 0.5) is 0 Å². The summed E-state index contributed by atoms with van der Waals surface area (Å²) in [6.45, 7) is 3.89. The van der Waals surface area contributed by atoms with Crippen molar-refractivity contribution in [3.8, 4) is 0 Å². The van der Waals surface area contributed by atoms with E-state index in [0.717, 1.165) is 30.4 Å². The fourth-order valence-electron chi connectivity index (χ4n) is 4.62. The van der Waals surface area contributed by atoms with Crippen LogP contribution in [0.25, 0.3) is 11.0 Å².